The predicted octanol–water partition coefficient (Wildman–Crippen LogP) is 4.12. The molecule has 0 saturated carbocycles. The number of anilines is 2. The smallest absolute Gasteiger partial charge is 0.282 e. The molecule has 0 saturated heterocycles. The Morgan fingerprint density at radius 3 is 2.32 bits per heavy atom. The molecule has 0 aliphatic heterocycles. The van der Waals surface area contributed by atoms with Crippen LogP contribution in [0.4, 0.5) is 17.1 Å². The summed E-state index contributed by atoms with van der Waals surface area (Å²) in [6.45, 7) is 0. The molecular formula is C21H17N3O4. The molecule has 0 unspecified atom stereocenters. The second-order valence-corrected chi connectivity index (χ2v) is 6.01. The molecule has 7 nitrogen and oxygen atoms in total. The first-order chi connectivity index (χ1) is 13.5. The summed E-state index contributed by atoms with van der Waals surface area (Å²) in [5.41, 5.74) is 1.16. The van der Waals surface area contributed by atoms with E-state index in [0.717, 1.165) is 5.69 Å². The van der Waals surface area contributed by atoms with Crippen molar-refractivity contribution in [2.45, 2.75) is 0 Å². The van der Waals surface area contributed by atoms with E-state index in [4.69, 9.17) is 0 Å². The second-order valence-electron chi connectivity index (χ2n) is 6.01. The van der Waals surface area contributed by atoms with Crippen molar-refractivity contribution in [3.05, 3.63) is 100 Å². The van der Waals surface area contributed by atoms with Crippen LogP contribution in [0.15, 0.2) is 78.9 Å². The molecule has 0 spiro atoms. The van der Waals surface area contributed by atoms with Crippen molar-refractivity contribution in [3.63, 3.8) is 0 Å². The van der Waals surface area contributed by atoms with Gasteiger partial charge in [-0.1, -0.05) is 36.4 Å². The third-order valence-electron chi connectivity index (χ3n) is 4.16. The monoisotopic (exact) mass is 375 g/mol. The number of amides is 2. The Labute approximate surface area is 161 Å². The zero-order valence-corrected chi connectivity index (χ0v) is 15.0. The number of carbonyl (C=O) groups excluding carboxylic acids is 2. The van der Waals surface area contributed by atoms with Crippen LogP contribution in [0, 0.1) is 10.1 Å². The van der Waals surface area contributed by atoms with Gasteiger partial charge in [-0.3, -0.25) is 19.7 Å². The van der Waals surface area contributed by atoms with Crippen LogP contribution in [0.25, 0.3) is 0 Å². The molecular weight excluding hydrogens is 358 g/mol. The van der Waals surface area contributed by atoms with E-state index in [2.05, 4.69) is 5.32 Å². The van der Waals surface area contributed by atoms with Gasteiger partial charge in [0.2, 0.25) is 0 Å². The van der Waals surface area contributed by atoms with Gasteiger partial charge in [0.25, 0.3) is 17.5 Å². The molecule has 0 bridgehead atoms. The molecule has 0 aliphatic carbocycles. The van der Waals surface area contributed by atoms with E-state index in [1.54, 1.807) is 31.3 Å². The van der Waals surface area contributed by atoms with Gasteiger partial charge in [0.05, 0.1) is 4.92 Å². The molecule has 0 heterocycles. The molecule has 2 amide bonds. The molecule has 28 heavy (non-hydrogen) atoms. The first-order valence-corrected chi connectivity index (χ1v) is 8.45. The minimum atomic E-state index is -0.617. The van der Waals surface area contributed by atoms with Crippen molar-refractivity contribution in [2.24, 2.45) is 0 Å². The summed E-state index contributed by atoms with van der Waals surface area (Å²) < 4.78 is 0. The van der Waals surface area contributed by atoms with Gasteiger partial charge < -0.3 is 10.2 Å². The average molecular weight is 375 g/mol. The summed E-state index contributed by atoms with van der Waals surface area (Å²) >= 11 is 0. The molecule has 0 aliphatic rings. The van der Waals surface area contributed by atoms with E-state index in [1.807, 2.05) is 30.3 Å². The van der Waals surface area contributed by atoms with Gasteiger partial charge in [0.15, 0.2) is 0 Å². The first kappa shape index (κ1) is 18.8. The van der Waals surface area contributed by atoms with Crippen LogP contribution >= 0.6 is 0 Å². The van der Waals surface area contributed by atoms with Gasteiger partial charge >= 0.3 is 0 Å². The first-order valence-electron chi connectivity index (χ1n) is 8.45. The molecule has 7 heteroatoms. The lowest BCUT2D eigenvalue weighted by Crippen LogP contribution is -2.26. The van der Waals surface area contributed by atoms with Gasteiger partial charge in [-0.2, -0.15) is 0 Å². The molecule has 140 valence electrons. The highest BCUT2D eigenvalue weighted by molar-refractivity contribution is 6.09. The standard InChI is InChI=1S/C21H17N3O4/c1-23(17-10-3-2-4-11-17)21(26)15-8-7-9-16(14-15)22-20(25)18-12-5-6-13-19(18)24(27)28/h2-14H,1H3,(H,22,25). The maximum absolute atomic E-state index is 12.7. The van der Waals surface area contributed by atoms with Crippen LogP contribution in [0.3, 0.4) is 0 Å². The maximum atomic E-state index is 12.7. The Kier molecular flexibility index (Phi) is 5.45. The van der Waals surface area contributed by atoms with Gasteiger partial charge in [-0.05, 0) is 36.4 Å². The molecule has 0 atom stereocenters. The number of hydrogen-bond donors (Lipinski definition) is 1. The van der Waals surface area contributed by atoms with Crippen molar-refractivity contribution in [1.82, 2.24) is 0 Å². The number of para-hydroxylation sites is 2. The highest BCUT2D eigenvalue weighted by atomic mass is 16.6. The summed E-state index contributed by atoms with van der Waals surface area (Å²) in [6, 6.07) is 21.3. The fourth-order valence-corrected chi connectivity index (χ4v) is 2.72. The SMILES string of the molecule is CN(C(=O)c1cccc(NC(=O)c2ccccc2[N+](=O)[O-])c1)c1ccccc1. The lowest BCUT2D eigenvalue weighted by atomic mass is 10.1. The summed E-state index contributed by atoms with van der Waals surface area (Å²) in [6.07, 6.45) is 0. The predicted molar refractivity (Wildman–Crippen MR) is 107 cm³/mol. The van der Waals surface area contributed by atoms with Crippen molar-refractivity contribution >= 4 is 28.9 Å². The molecule has 0 aromatic heterocycles. The number of benzene rings is 3. The molecule has 0 radical (unpaired) electrons. The van der Waals surface area contributed by atoms with Crippen molar-refractivity contribution < 1.29 is 14.5 Å². The lowest BCUT2D eigenvalue weighted by Gasteiger charge is -2.17. The van der Waals surface area contributed by atoms with Crippen LogP contribution in [0.5, 0.6) is 0 Å². The Balaban J connectivity index is 1.81. The number of nitro benzene ring substituents is 1. The highest BCUT2D eigenvalue weighted by Gasteiger charge is 2.20. The minimum absolute atomic E-state index is 0.0503. The lowest BCUT2D eigenvalue weighted by molar-refractivity contribution is -0.385. The molecule has 3 aromatic rings. The third-order valence-corrected chi connectivity index (χ3v) is 4.16. The van der Waals surface area contributed by atoms with Crippen molar-refractivity contribution in [1.29, 1.82) is 0 Å². The number of hydrogen-bond acceptors (Lipinski definition) is 4. The van der Waals surface area contributed by atoms with Crippen molar-refractivity contribution in [3.8, 4) is 0 Å². The fraction of sp³-hybridized carbons (Fsp3) is 0.0476. The maximum Gasteiger partial charge on any atom is 0.282 e. The Hall–Kier alpha value is -4.00. The van der Waals surface area contributed by atoms with E-state index >= 15 is 0 Å². The molecule has 3 aromatic carbocycles. The fourth-order valence-electron chi connectivity index (χ4n) is 2.72. The zero-order chi connectivity index (χ0) is 20.1. The quantitative estimate of drug-likeness (QED) is 0.536. The zero-order valence-electron chi connectivity index (χ0n) is 15.0. The van der Waals surface area contributed by atoms with Gasteiger partial charge in [0, 0.05) is 30.1 Å². The Bertz CT molecular complexity index is 1030. The summed E-state index contributed by atoms with van der Waals surface area (Å²) in [7, 11) is 1.66. The van der Waals surface area contributed by atoms with Gasteiger partial charge in [-0.25, -0.2) is 0 Å². The topological polar surface area (TPSA) is 92.6 Å². The van der Waals surface area contributed by atoms with Crippen LogP contribution in [-0.2, 0) is 0 Å². The number of carbonyl (C=O) groups is 2. The van der Waals surface area contributed by atoms with Gasteiger partial charge in [-0.15, -0.1) is 0 Å². The van der Waals surface area contributed by atoms with E-state index in [9.17, 15) is 19.7 Å². The summed E-state index contributed by atoms with van der Waals surface area (Å²) in [5.74, 6) is -0.860. The number of nitrogens with one attached hydrogen (secondary N) is 1. The van der Waals surface area contributed by atoms with Crippen LogP contribution in [0.1, 0.15) is 20.7 Å². The normalized spacial score (nSPS) is 10.2. The van der Waals surface area contributed by atoms with Crippen molar-refractivity contribution in [2.75, 3.05) is 17.3 Å². The van der Waals surface area contributed by atoms with Gasteiger partial charge in [0.1, 0.15) is 5.56 Å². The molecule has 1 N–H and O–H groups in total. The number of rotatable bonds is 5. The van der Waals surface area contributed by atoms with E-state index in [-0.39, 0.29) is 17.2 Å². The number of nitro groups is 1. The summed E-state index contributed by atoms with van der Waals surface area (Å²) in [4.78, 5) is 37.2. The van der Waals surface area contributed by atoms with E-state index in [1.165, 1.54) is 29.2 Å². The Morgan fingerprint density at radius 2 is 1.61 bits per heavy atom. The largest absolute Gasteiger partial charge is 0.322 e. The van der Waals surface area contributed by atoms with E-state index < -0.39 is 10.8 Å². The minimum Gasteiger partial charge on any atom is -0.322 e. The Morgan fingerprint density at radius 1 is 0.929 bits per heavy atom. The van der Waals surface area contributed by atoms with E-state index in [0.29, 0.717) is 11.3 Å². The molecule has 0 fully saturated rings. The average Bonchev–Trinajstić information content (AvgIpc) is 2.73. The van der Waals surface area contributed by atoms with Crippen LogP contribution in [-0.4, -0.2) is 23.8 Å². The highest BCUT2D eigenvalue weighted by Crippen LogP contribution is 2.21. The third kappa shape index (κ3) is 4.04. The second kappa shape index (κ2) is 8.13. The van der Waals surface area contributed by atoms with Crippen LogP contribution < -0.4 is 10.2 Å². The summed E-state index contributed by atoms with van der Waals surface area (Å²) in [5, 5.41) is 13.7. The number of nitrogens with zero attached hydrogens (tertiary/aromatic N) is 2. The molecule has 3 rings (SSSR count). The van der Waals surface area contributed by atoms with Crippen LogP contribution in [0.2, 0.25) is 0 Å².